The summed E-state index contributed by atoms with van der Waals surface area (Å²) in [5.41, 5.74) is 9.02. The lowest BCUT2D eigenvalue weighted by atomic mass is 10.2. The molecule has 0 aliphatic carbocycles. The van der Waals surface area contributed by atoms with E-state index in [4.69, 9.17) is 10.9 Å². The maximum absolute atomic E-state index is 8.54. The first-order valence-electron chi connectivity index (χ1n) is 3.06. The second-order valence-electron chi connectivity index (χ2n) is 1.97. The van der Waals surface area contributed by atoms with Crippen LogP contribution in [-0.4, -0.2) is 5.21 Å². The van der Waals surface area contributed by atoms with Crippen molar-refractivity contribution in [1.29, 1.82) is 0 Å². The van der Waals surface area contributed by atoms with Gasteiger partial charge in [-0.2, -0.15) is 0 Å². The van der Waals surface area contributed by atoms with Crippen molar-refractivity contribution in [3.63, 3.8) is 0 Å². The average Bonchev–Trinajstić information content (AvgIpc) is 2.04. The van der Waals surface area contributed by atoms with Crippen molar-refractivity contribution < 1.29 is 5.21 Å². The Morgan fingerprint density at radius 1 is 1.40 bits per heavy atom. The lowest BCUT2D eigenvalue weighted by Gasteiger charge is -2.03. The van der Waals surface area contributed by atoms with Gasteiger partial charge in [0.2, 0.25) is 0 Å². The number of hydrogen-bond donors (Lipinski definition) is 3. The molecule has 10 heavy (non-hydrogen) atoms. The average molecular weight is 138 g/mol. The van der Waals surface area contributed by atoms with Gasteiger partial charge in [-0.1, -0.05) is 18.2 Å². The lowest BCUT2D eigenvalue weighted by molar-refractivity contribution is 0.388. The normalized spacial score (nSPS) is 9.40. The highest BCUT2D eigenvalue weighted by Crippen LogP contribution is 2.11. The maximum atomic E-state index is 8.54. The van der Waals surface area contributed by atoms with Crippen molar-refractivity contribution in [3.8, 4) is 0 Å². The summed E-state index contributed by atoms with van der Waals surface area (Å²) in [5, 5.41) is 8.54. The highest BCUT2D eigenvalue weighted by molar-refractivity contribution is 5.48. The van der Waals surface area contributed by atoms with Crippen LogP contribution in [0.3, 0.4) is 0 Å². The van der Waals surface area contributed by atoms with Crippen LogP contribution in [0.4, 0.5) is 5.69 Å². The molecule has 0 aliphatic heterocycles. The van der Waals surface area contributed by atoms with Crippen LogP contribution in [0.5, 0.6) is 0 Å². The molecule has 1 aromatic rings. The van der Waals surface area contributed by atoms with E-state index >= 15 is 0 Å². The van der Waals surface area contributed by atoms with Gasteiger partial charge in [0.25, 0.3) is 0 Å². The highest BCUT2D eigenvalue weighted by atomic mass is 16.5. The second kappa shape index (κ2) is 3.20. The molecular weight excluding hydrogens is 128 g/mol. The van der Waals surface area contributed by atoms with Gasteiger partial charge >= 0.3 is 0 Å². The summed E-state index contributed by atoms with van der Waals surface area (Å²) in [6, 6.07) is 7.33. The Kier molecular flexibility index (Phi) is 2.25. The Labute approximate surface area is 59.4 Å². The zero-order chi connectivity index (χ0) is 7.40. The molecule has 0 heterocycles. The summed E-state index contributed by atoms with van der Waals surface area (Å²) in [6.07, 6.45) is 0. The van der Waals surface area contributed by atoms with Crippen LogP contribution in [0.2, 0.25) is 0 Å². The number of rotatable bonds is 2. The number of hydrogen-bond acceptors (Lipinski definition) is 3. The quantitative estimate of drug-likeness (QED) is 0.533. The van der Waals surface area contributed by atoms with Crippen LogP contribution in [0.1, 0.15) is 5.56 Å². The van der Waals surface area contributed by atoms with E-state index in [2.05, 4.69) is 5.48 Å². The number of anilines is 1. The first-order valence-corrected chi connectivity index (χ1v) is 3.06. The minimum absolute atomic E-state index is 0.434. The fourth-order valence-electron chi connectivity index (χ4n) is 0.807. The highest BCUT2D eigenvalue weighted by Gasteiger charge is 1.94. The van der Waals surface area contributed by atoms with E-state index < -0.39 is 0 Å². The topological polar surface area (TPSA) is 58.3 Å². The van der Waals surface area contributed by atoms with Crippen molar-refractivity contribution in [3.05, 3.63) is 29.8 Å². The molecule has 54 valence electrons. The van der Waals surface area contributed by atoms with Gasteiger partial charge in [-0.05, 0) is 11.6 Å². The molecule has 0 bridgehead atoms. The Hall–Kier alpha value is -1.06. The first kappa shape index (κ1) is 7.05. The van der Waals surface area contributed by atoms with Gasteiger partial charge in [0.05, 0.1) is 5.69 Å². The summed E-state index contributed by atoms with van der Waals surface area (Å²) in [6.45, 7) is 0.434. The summed E-state index contributed by atoms with van der Waals surface area (Å²) in [5.74, 6) is 0. The van der Waals surface area contributed by atoms with Gasteiger partial charge in [0.15, 0.2) is 0 Å². The Balaban J connectivity index is 2.96. The zero-order valence-electron chi connectivity index (χ0n) is 5.54. The van der Waals surface area contributed by atoms with E-state index in [1.165, 1.54) is 0 Å². The van der Waals surface area contributed by atoms with Crippen LogP contribution in [-0.2, 0) is 6.54 Å². The van der Waals surface area contributed by atoms with Gasteiger partial charge in [-0.3, -0.25) is 10.7 Å². The van der Waals surface area contributed by atoms with Gasteiger partial charge in [-0.25, -0.2) is 0 Å². The number of para-hydroxylation sites is 1. The van der Waals surface area contributed by atoms with Crippen LogP contribution in [0, 0.1) is 0 Å². The third-order valence-corrected chi connectivity index (χ3v) is 1.36. The van der Waals surface area contributed by atoms with Crippen molar-refractivity contribution in [2.24, 2.45) is 5.73 Å². The third kappa shape index (κ3) is 1.26. The number of benzene rings is 1. The van der Waals surface area contributed by atoms with E-state index in [1.54, 1.807) is 6.07 Å². The summed E-state index contributed by atoms with van der Waals surface area (Å²) >= 11 is 0. The summed E-state index contributed by atoms with van der Waals surface area (Å²) < 4.78 is 0. The Morgan fingerprint density at radius 2 is 2.10 bits per heavy atom. The van der Waals surface area contributed by atoms with E-state index in [1.807, 2.05) is 18.2 Å². The molecule has 0 aliphatic rings. The van der Waals surface area contributed by atoms with Crippen molar-refractivity contribution in [2.75, 3.05) is 5.48 Å². The largest absolute Gasteiger partial charge is 0.326 e. The van der Waals surface area contributed by atoms with Crippen LogP contribution < -0.4 is 11.2 Å². The molecule has 1 aromatic carbocycles. The first-order chi connectivity index (χ1) is 4.88. The smallest absolute Gasteiger partial charge is 0.0646 e. The standard InChI is InChI=1S/C7H10N2O/c8-5-6-3-1-2-4-7(6)9-10/h1-4,9-10H,5,8H2. The van der Waals surface area contributed by atoms with Crippen molar-refractivity contribution in [1.82, 2.24) is 0 Å². The molecule has 4 N–H and O–H groups in total. The summed E-state index contributed by atoms with van der Waals surface area (Å²) in [4.78, 5) is 0. The number of nitrogens with two attached hydrogens (primary N) is 1. The maximum Gasteiger partial charge on any atom is 0.0646 e. The van der Waals surface area contributed by atoms with Crippen LogP contribution >= 0.6 is 0 Å². The third-order valence-electron chi connectivity index (χ3n) is 1.36. The molecule has 0 unspecified atom stereocenters. The Morgan fingerprint density at radius 3 is 2.60 bits per heavy atom. The SMILES string of the molecule is NCc1ccccc1NO. The lowest BCUT2D eigenvalue weighted by Crippen LogP contribution is -2.01. The predicted octanol–water partition coefficient (Wildman–Crippen LogP) is 0.946. The van der Waals surface area contributed by atoms with Gasteiger partial charge in [0.1, 0.15) is 0 Å². The van der Waals surface area contributed by atoms with E-state index in [0.717, 1.165) is 5.56 Å². The molecule has 1 rings (SSSR count). The van der Waals surface area contributed by atoms with E-state index in [-0.39, 0.29) is 0 Å². The van der Waals surface area contributed by atoms with Gasteiger partial charge < -0.3 is 5.73 Å². The minimum Gasteiger partial charge on any atom is -0.326 e. The monoisotopic (exact) mass is 138 g/mol. The zero-order valence-corrected chi connectivity index (χ0v) is 5.54. The predicted molar refractivity (Wildman–Crippen MR) is 39.7 cm³/mol. The molecule has 0 saturated carbocycles. The molecule has 0 spiro atoms. The molecule has 3 heteroatoms. The molecule has 0 aromatic heterocycles. The van der Waals surface area contributed by atoms with E-state index in [0.29, 0.717) is 12.2 Å². The molecule has 0 saturated heterocycles. The van der Waals surface area contributed by atoms with E-state index in [9.17, 15) is 0 Å². The Bertz CT molecular complexity index is 190. The van der Waals surface area contributed by atoms with Gasteiger partial charge in [0, 0.05) is 6.54 Å². The van der Waals surface area contributed by atoms with Crippen molar-refractivity contribution >= 4 is 5.69 Å². The molecule has 0 radical (unpaired) electrons. The fraction of sp³-hybridized carbons (Fsp3) is 0.143. The van der Waals surface area contributed by atoms with Gasteiger partial charge in [-0.15, -0.1) is 0 Å². The number of nitrogens with one attached hydrogen (secondary N) is 1. The van der Waals surface area contributed by atoms with Crippen molar-refractivity contribution in [2.45, 2.75) is 6.54 Å². The minimum atomic E-state index is 0.434. The molecule has 0 fully saturated rings. The second-order valence-corrected chi connectivity index (χ2v) is 1.97. The van der Waals surface area contributed by atoms with Crippen LogP contribution in [0.15, 0.2) is 24.3 Å². The molecular formula is C7H10N2O. The molecule has 0 amide bonds. The molecule has 3 nitrogen and oxygen atoms in total. The fourth-order valence-corrected chi connectivity index (χ4v) is 0.807. The molecule has 0 atom stereocenters. The van der Waals surface area contributed by atoms with Crippen LogP contribution in [0.25, 0.3) is 0 Å². The summed E-state index contributed by atoms with van der Waals surface area (Å²) in [7, 11) is 0.